The average molecular weight is 264 g/mol. The fourth-order valence-corrected chi connectivity index (χ4v) is 1.92. The van der Waals surface area contributed by atoms with Crippen molar-refractivity contribution >= 4 is 11.6 Å². The van der Waals surface area contributed by atoms with Crippen molar-refractivity contribution in [2.75, 3.05) is 0 Å². The highest BCUT2D eigenvalue weighted by atomic mass is 35.5. The van der Waals surface area contributed by atoms with Gasteiger partial charge in [0.1, 0.15) is 0 Å². The summed E-state index contributed by atoms with van der Waals surface area (Å²) in [6.07, 6.45) is -1.89. The third kappa shape index (κ3) is 3.48. The summed E-state index contributed by atoms with van der Waals surface area (Å²) in [4.78, 5) is 0. The maximum Gasteiger partial charge on any atom is 0.416 e. The molecule has 0 aliphatic carbocycles. The molecule has 1 atom stereocenters. The predicted molar refractivity (Wildman–Crippen MR) is 62.8 cm³/mol. The molecule has 5 heteroatoms. The summed E-state index contributed by atoms with van der Waals surface area (Å²) < 4.78 is 38.3. The van der Waals surface area contributed by atoms with E-state index in [1.165, 1.54) is 12.1 Å². The van der Waals surface area contributed by atoms with E-state index in [0.717, 1.165) is 6.07 Å². The van der Waals surface area contributed by atoms with E-state index < -0.39 is 17.8 Å². The molecular weight excluding hydrogens is 251 g/mol. The zero-order valence-electron chi connectivity index (χ0n) is 9.10. The quantitative estimate of drug-likeness (QED) is 0.804. The largest absolute Gasteiger partial charge is 0.416 e. The first-order valence-electron chi connectivity index (χ1n) is 5.10. The highest BCUT2D eigenvalue weighted by molar-refractivity contribution is 6.31. The fourth-order valence-electron chi connectivity index (χ4n) is 1.60. The molecule has 0 heterocycles. The fraction of sp³-hybridized carbons (Fsp3) is 0.333. The maximum atomic E-state index is 12.8. The van der Waals surface area contributed by atoms with Crippen LogP contribution in [0.25, 0.3) is 0 Å². The Morgan fingerprint density at radius 3 is 2.59 bits per heavy atom. The standard InChI is InChI=1S/C12H13ClF3N/c1-2-3-7-10(17)11-8(12(14,15)16)5-4-6-9(11)13/h2,4-6,10H,1,3,7,17H2/t10-/m0/s1. The van der Waals surface area contributed by atoms with Gasteiger partial charge in [-0.15, -0.1) is 6.58 Å². The van der Waals surface area contributed by atoms with Gasteiger partial charge in [-0.3, -0.25) is 0 Å². The van der Waals surface area contributed by atoms with Crippen LogP contribution in [0.15, 0.2) is 30.9 Å². The Labute approximate surface area is 103 Å². The SMILES string of the molecule is C=CCC[C@H](N)c1c(Cl)cccc1C(F)(F)F. The number of benzene rings is 1. The maximum absolute atomic E-state index is 12.8. The number of alkyl halides is 3. The molecule has 0 bridgehead atoms. The molecule has 0 fully saturated rings. The van der Waals surface area contributed by atoms with Crippen molar-refractivity contribution < 1.29 is 13.2 Å². The van der Waals surface area contributed by atoms with E-state index in [2.05, 4.69) is 6.58 Å². The molecule has 1 aromatic carbocycles. The summed E-state index contributed by atoms with van der Waals surface area (Å²) in [5.41, 5.74) is 4.95. The third-order valence-corrected chi connectivity index (χ3v) is 2.74. The molecule has 1 aromatic rings. The Hall–Kier alpha value is -1.00. The van der Waals surface area contributed by atoms with Gasteiger partial charge in [0.25, 0.3) is 0 Å². The van der Waals surface area contributed by atoms with E-state index in [-0.39, 0.29) is 10.6 Å². The van der Waals surface area contributed by atoms with E-state index in [0.29, 0.717) is 12.8 Å². The molecule has 0 spiro atoms. The first-order chi connectivity index (χ1) is 7.88. The van der Waals surface area contributed by atoms with E-state index >= 15 is 0 Å². The highest BCUT2D eigenvalue weighted by Gasteiger charge is 2.35. The van der Waals surface area contributed by atoms with Crippen LogP contribution >= 0.6 is 11.6 Å². The van der Waals surface area contributed by atoms with Crippen LogP contribution in [0.1, 0.15) is 30.0 Å². The molecule has 2 N–H and O–H groups in total. The second-order valence-electron chi connectivity index (χ2n) is 3.67. The molecule has 0 aromatic heterocycles. The molecule has 0 unspecified atom stereocenters. The smallest absolute Gasteiger partial charge is 0.324 e. The molecule has 17 heavy (non-hydrogen) atoms. The molecule has 0 radical (unpaired) electrons. The summed E-state index contributed by atoms with van der Waals surface area (Å²) in [5, 5.41) is 0.0522. The van der Waals surface area contributed by atoms with Gasteiger partial charge in [-0.1, -0.05) is 23.7 Å². The van der Waals surface area contributed by atoms with Crippen molar-refractivity contribution in [3.05, 3.63) is 47.0 Å². The van der Waals surface area contributed by atoms with E-state index in [9.17, 15) is 13.2 Å². The summed E-state index contributed by atoms with van der Waals surface area (Å²) in [7, 11) is 0. The first kappa shape index (κ1) is 14.1. The van der Waals surface area contributed by atoms with Crippen LogP contribution in [0.3, 0.4) is 0 Å². The minimum Gasteiger partial charge on any atom is -0.324 e. The molecule has 0 aliphatic rings. The van der Waals surface area contributed by atoms with Gasteiger partial charge in [0.2, 0.25) is 0 Å². The molecule has 0 saturated carbocycles. The predicted octanol–water partition coefficient (Wildman–Crippen LogP) is 4.32. The molecule has 0 aliphatic heterocycles. The number of rotatable bonds is 4. The Morgan fingerprint density at radius 1 is 1.41 bits per heavy atom. The highest BCUT2D eigenvalue weighted by Crippen LogP contribution is 2.38. The second kappa shape index (κ2) is 5.56. The number of halogens is 4. The normalized spacial score (nSPS) is 13.5. The van der Waals surface area contributed by atoms with Crippen LogP contribution in [0.5, 0.6) is 0 Å². The summed E-state index contributed by atoms with van der Waals surface area (Å²) in [6, 6.07) is 2.95. The van der Waals surface area contributed by atoms with Gasteiger partial charge in [0.05, 0.1) is 5.56 Å². The van der Waals surface area contributed by atoms with Crippen molar-refractivity contribution in [2.45, 2.75) is 25.1 Å². The Bertz CT molecular complexity index is 401. The van der Waals surface area contributed by atoms with Gasteiger partial charge in [-0.05, 0) is 30.5 Å². The van der Waals surface area contributed by atoms with Crippen LogP contribution in [-0.4, -0.2) is 0 Å². The summed E-state index contributed by atoms with van der Waals surface area (Å²) in [6.45, 7) is 3.51. The minimum atomic E-state index is -4.44. The van der Waals surface area contributed by atoms with Gasteiger partial charge < -0.3 is 5.73 Å². The van der Waals surface area contributed by atoms with Crippen LogP contribution in [0.4, 0.5) is 13.2 Å². The summed E-state index contributed by atoms with van der Waals surface area (Å²) in [5.74, 6) is 0. The Kier molecular flexibility index (Phi) is 4.60. The lowest BCUT2D eigenvalue weighted by molar-refractivity contribution is -0.138. The van der Waals surface area contributed by atoms with Crippen molar-refractivity contribution in [3.63, 3.8) is 0 Å². The van der Waals surface area contributed by atoms with Crippen molar-refractivity contribution in [1.82, 2.24) is 0 Å². The van der Waals surface area contributed by atoms with Crippen LogP contribution in [0.2, 0.25) is 5.02 Å². The van der Waals surface area contributed by atoms with Gasteiger partial charge in [0, 0.05) is 11.1 Å². The topological polar surface area (TPSA) is 26.0 Å². The lowest BCUT2D eigenvalue weighted by atomic mass is 9.97. The number of nitrogens with two attached hydrogens (primary N) is 1. The van der Waals surface area contributed by atoms with Gasteiger partial charge in [-0.25, -0.2) is 0 Å². The molecule has 0 saturated heterocycles. The van der Waals surface area contributed by atoms with E-state index in [4.69, 9.17) is 17.3 Å². The van der Waals surface area contributed by atoms with Crippen LogP contribution in [-0.2, 0) is 6.18 Å². The monoisotopic (exact) mass is 263 g/mol. The van der Waals surface area contributed by atoms with Gasteiger partial charge in [-0.2, -0.15) is 13.2 Å². The molecule has 0 amide bonds. The minimum absolute atomic E-state index is 0.0384. The molecule has 1 rings (SSSR count). The van der Waals surface area contributed by atoms with Crippen molar-refractivity contribution in [1.29, 1.82) is 0 Å². The van der Waals surface area contributed by atoms with Gasteiger partial charge >= 0.3 is 6.18 Å². The van der Waals surface area contributed by atoms with Crippen LogP contribution < -0.4 is 5.73 Å². The summed E-state index contributed by atoms with van der Waals surface area (Å²) >= 11 is 5.80. The van der Waals surface area contributed by atoms with Crippen molar-refractivity contribution in [3.8, 4) is 0 Å². The molecule has 1 nitrogen and oxygen atoms in total. The van der Waals surface area contributed by atoms with E-state index in [1.54, 1.807) is 6.08 Å². The Balaban J connectivity index is 3.16. The number of hydrogen-bond acceptors (Lipinski definition) is 1. The lowest BCUT2D eigenvalue weighted by Crippen LogP contribution is -2.18. The lowest BCUT2D eigenvalue weighted by Gasteiger charge is -2.19. The zero-order valence-corrected chi connectivity index (χ0v) is 9.85. The van der Waals surface area contributed by atoms with Crippen molar-refractivity contribution in [2.24, 2.45) is 5.73 Å². The van der Waals surface area contributed by atoms with Crippen LogP contribution in [0, 0.1) is 0 Å². The third-order valence-electron chi connectivity index (χ3n) is 2.41. The average Bonchev–Trinajstić information content (AvgIpc) is 2.24. The second-order valence-corrected chi connectivity index (χ2v) is 4.08. The number of allylic oxidation sites excluding steroid dienone is 1. The first-order valence-corrected chi connectivity index (χ1v) is 5.47. The number of hydrogen-bond donors (Lipinski definition) is 1. The zero-order chi connectivity index (χ0) is 13.1. The molecule has 94 valence electrons. The Morgan fingerprint density at radius 2 is 2.06 bits per heavy atom. The van der Waals surface area contributed by atoms with E-state index in [1.807, 2.05) is 0 Å². The molecular formula is C12H13ClF3N. The van der Waals surface area contributed by atoms with Gasteiger partial charge in [0.15, 0.2) is 0 Å².